The van der Waals surface area contributed by atoms with Crippen LogP contribution >= 0.6 is 45.3 Å². The van der Waals surface area contributed by atoms with E-state index in [0.29, 0.717) is 0 Å². The molecule has 0 aliphatic carbocycles. The van der Waals surface area contributed by atoms with E-state index in [4.69, 9.17) is 0 Å². The first-order chi connectivity index (χ1) is 50.5. The van der Waals surface area contributed by atoms with Crippen LogP contribution in [0.25, 0.3) is 103 Å². The number of nitrogens with zero attached hydrogens (tertiary/aromatic N) is 4. The SMILES string of the molecule is c1ccc(-c2ccc(N(c3ccc4c(c3)sc3ccccc34)c3ccc4c(c3)sc3cc(N(c5ccccc5)c5ccccc5)ccc34)cc2)cc1.c1ccc(N(c2ccc3ccccc3c2)c2ccc3c(c2)sc2cc(N(c4ccccc4)c4cccc5c4sc4ccccc45)ccc23)cc1. The summed E-state index contributed by atoms with van der Waals surface area (Å²) >= 11 is 7.46. The van der Waals surface area contributed by atoms with Crippen LogP contribution in [0, 0.1) is 0 Å². The highest BCUT2D eigenvalue weighted by Gasteiger charge is 2.23. The molecule has 20 aromatic rings. The van der Waals surface area contributed by atoms with Crippen LogP contribution in [-0.2, 0) is 0 Å². The highest BCUT2D eigenvalue weighted by molar-refractivity contribution is 7.27. The first kappa shape index (κ1) is 61.0. The van der Waals surface area contributed by atoms with E-state index in [-0.39, 0.29) is 0 Å². The first-order valence-corrected chi connectivity index (χ1v) is 37.6. The van der Waals surface area contributed by atoms with Crippen LogP contribution in [0.15, 0.2) is 376 Å². The minimum atomic E-state index is 1.13. The minimum Gasteiger partial charge on any atom is -0.310 e. The summed E-state index contributed by atoms with van der Waals surface area (Å²) in [5.41, 5.74) is 16.2. The van der Waals surface area contributed by atoms with E-state index in [1.165, 1.54) is 108 Å². The fourth-order valence-corrected chi connectivity index (χ4v) is 19.3. The number of hydrogen-bond donors (Lipinski definition) is 0. The van der Waals surface area contributed by atoms with Crippen LogP contribution in [0.1, 0.15) is 0 Å². The Morgan fingerprint density at radius 1 is 0.157 bits per heavy atom. The molecule has 0 aliphatic rings. The lowest BCUT2D eigenvalue weighted by Crippen LogP contribution is -2.09. The van der Waals surface area contributed by atoms with Crippen molar-refractivity contribution in [2.24, 2.45) is 0 Å². The fourth-order valence-electron chi connectivity index (χ4n) is 14.7. The molecule has 20 rings (SSSR count). The average Bonchev–Trinajstić information content (AvgIpc) is 1.57. The fraction of sp³-hybridized carbons (Fsp3) is 0. The predicted octanol–water partition coefficient (Wildman–Crippen LogP) is 29.5. The standard InChI is InChI=1S/C48H32N2S2.C46H30N2S2/c1-4-12-33(13-5-1)34-20-22-37(23-21-34)50(39-25-27-42-41-18-10-11-19-45(41)51-46(42)31-39)40-26-29-44-43-28-24-38(30-47(43)52-48(44)32-40)49(35-14-6-2-7-15-35)36-16-8-3-9-17-36;1-3-14-33(15-4-1)47(35-23-22-31-12-7-8-13-32(31)28-35)36-24-26-39-40-27-25-37(30-45(40)49-44(39)29-36)48(34-16-5-2-6-17-34)42-20-11-19-41-38-18-9-10-21-43(38)50-46(41)42/h1-32H;1-30H. The zero-order chi connectivity index (χ0) is 67.5. The zero-order valence-corrected chi connectivity index (χ0v) is 58.5. The summed E-state index contributed by atoms with van der Waals surface area (Å²) in [6.07, 6.45) is 0. The Bertz CT molecular complexity index is 6430. The van der Waals surface area contributed by atoms with Gasteiger partial charge in [0.1, 0.15) is 0 Å². The van der Waals surface area contributed by atoms with E-state index in [1.54, 1.807) is 0 Å². The maximum absolute atomic E-state index is 2.42. The van der Waals surface area contributed by atoms with Crippen molar-refractivity contribution in [3.05, 3.63) is 376 Å². The molecule has 8 heteroatoms. The normalized spacial score (nSPS) is 11.5. The van der Waals surface area contributed by atoms with E-state index in [1.807, 2.05) is 45.3 Å². The van der Waals surface area contributed by atoms with Gasteiger partial charge in [0.15, 0.2) is 0 Å². The Morgan fingerprint density at radius 2 is 0.451 bits per heavy atom. The summed E-state index contributed by atoms with van der Waals surface area (Å²) in [6.45, 7) is 0. The van der Waals surface area contributed by atoms with Crippen molar-refractivity contribution in [2.45, 2.75) is 0 Å². The summed E-state index contributed by atoms with van der Waals surface area (Å²) in [6, 6.07) is 136. The lowest BCUT2D eigenvalue weighted by Gasteiger charge is -2.26. The van der Waals surface area contributed by atoms with Crippen molar-refractivity contribution >= 4 is 205 Å². The molecule has 102 heavy (non-hydrogen) atoms. The van der Waals surface area contributed by atoms with E-state index < -0.39 is 0 Å². The van der Waals surface area contributed by atoms with E-state index in [9.17, 15) is 0 Å². The van der Waals surface area contributed by atoms with Crippen molar-refractivity contribution in [3.63, 3.8) is 0 Å². The van der Waals surface area contributed by atoms with Gasteiger partial charge in [-0.3, -0.25) is 0 Å². The maximum Gasteiger partial charge on any atom is 0.0640 e. The molecule has 0 atom stereocenters. The molecule has 0 fully saturated rings. The van der Waals surface area contributed by atoms with Crippen molar-refractivity contribution in [1.29, 1.82) is 0 Å². The second kappa shape index (κ2) is 26.2. The third-order valence-corrected chi connectivity index (χ3v) is 24.0. The van der Waals surface area contributed by atoms with Gasteiger partial charge in [0.2, 0.25) is 0 Å². The van der Waals surface area contributed by atoms with Crippen LogP contribution < -0.4 is 19.6 Å². The molecule has 0 saturated carbocycles. The number of thiophene rings is 4. The van der Waals surface area contributed by atoms with Gasteiger partial charge in [-0.2, -0.15) is 0 Å². The Kier molecular flexibility index (Phi) is 15.7. The van der Waals surface area contributed by atoms with Gasteiger partial charge in [-0.05, 0) is 174 Å². The molecular weight excluding hydrogens is 1310 g/mol. The first-order valence-electron chi connectivity index (χ1n) is 34.3. The van der Waals surface area contributed by atoms with Crippen molar-refractivity contribution in [3.8, 4) is 11.1 Å². The molecular formula is C94H62N4S4. The second-order valence-electron chi connectivity index (χ2n) is 25.6. The molecule has 0 amide bonds. The van der Waals surface area contributed by atoms with Crippen LogP contribution in [0.3, 0.4) is 0 Å². The summed E-state index contributed by atoms with van der Waals surface area (Å²) < 4.78 is 10.3. The number of para-hydroxylation sites is 4. The van der Waals surface area contributed by atoms with Gasteiger partial charge in [0.25, 0.3) is 0 Å². The van der Waals surface area contributed by atoms with Crippen molar-refractivity contribution in [2.75, 3.05) is 19.6 Å². The highest BCUT2D eigenvalue weighted by atomic mass is 32.1. The molecule has 0 N–H and O–H groups in total. The largest absolute Gasteiger partial charge is 0.310 e. The molecule has 0 aliphatic heterocycles. The Morgan fingerprint density at radius 3 is 0.922 bits per heavy atom. The quantitative estimate of drug-likeness (QED) is 0.114. The number of fused-ring (bicyclic) bond motifs is 13. The maximum atomic E-state index is 2.42. The van der Waals surface area contributed by atoms with Gasteiger partial charge in [-0.25, -0.2) is 0 Å². The lowest BCUT2D eigenvalue weighted by atomic mass is 10.0. The molecule has 16 aromatic carbocycles. The van der Waals surface area contributed by atoms with E-state index >= 15 is 0 Å². The molecule has 0 unspecified atom stereocenters. The predicted molar refractivity (Wildman–Crippen MR) is 446 cm³/mol. The Labute approximate surface area is 607 Å². The minimum absolute atomic E-state index is 1.13. The summed E-state index contributed by atoms with van der Waals surface area (Å²) in [4.78, 5) is 9.52. The average molecular weight is 1380 g/mol. The summed E-state index contributed by atoms with van der Waals surface area (Å²) in [7, 11) is 0. The number of hydrogen-bond acceptors (Lipinski definition) is 8. The van der Waals surface area contributed by atoms with Crippen LogP contribution in [-0.4, -0.2) is 0 Å². The van der Waals surface area contributed by atoms with Crippen molar-refractivity contribution in [1.82, 2.24) is 0 Å². The molecule has 482 valence electrons. The molecule has 4 heterocycles. The summed E-state index contributed by atoms with van der Waals surface area (Å²) in [5, 5.41) is 12.8. The lowest BCUT2D eigenvalue weighted by molar-refractivity contribution is 1.29. The van der Waals surface area contributed by atoms with Gasteiger partial charge in [-0.15, -0.1) is 45.3 Å². The van der Waals surface area contributed by atoms with Gasteiger partial charge in [-0.1, -0.05) is 224 Å². The Balaban J connectivity index is 0.000000141. The Hall–Kier alpha value is -12.1. The molecule has 0 radical (unpaired) electrons. The zero-order valence-electron chi connectivity index (χ0n) is 55.2. The van der Waals surface area contributed by atoms with Crippen LogP contribution in [0.5, 0.6) is 0 Å². The number of anilines is 12. The topological polar surface area (TPSA) is 13.0 Å². The molecule has 4 aromatic heterocycles. The van der Waals surface area contributed by atoms with Crippen molar-refractivity contribution < 1.29 is 0 Å². The third-order valence-electron chi connectivity index (χ3n) is 19.4. The highest BCUT2D eigenvalue weighted by Crippen LogP contribution is 2.50. The van der Waals surface area contributed by atoms with E-state index in [2.05, 4.69) is 396 Å². The molecule has 0 bridgehead atoms. The number of benzene rings is 16. The third kappa shape index (κ3) is 11.2. The van der Waals surface area contributed by atoms with Crippen LogP contribution in [0.4, 0.5) is 68.2 Å². The molecule has 0 saturated heterocycles. The van der Waals surface area contributed by atoms with E-state index in [0.717, 1.165) is 62.6 Å². The monoisotopic (exact) mass is 1370 g/mol. The smallest absolute Gasteiger partial charge is 0.0640 e. The number of rotatable bonds is 13. The van der Waals surface area contributed by atoms with Gasteiger partial charge >= 0.3 is 0 Å². The molecule has 4 nitrogen and oxygen atoms in total. The molecule has 0 spiro atoms. The van der Waals surface area contributed by atoms with Gasteiger partial charge in [0.05, 0.1) is 10.4 Å². The second-order valence-corrected chi connectivity index (χ2v) is 29.9. The van der Waals surface area contributed by atoms with Crippen LogP contribution in [0.2, 0.25) is 0 Å². The van der Waals surface area contributed by atoms with Gasteiger partial charge < -0.3 is 19.6 Å². The van der Waals surface area contributed by atoms with Gasteiger partial charge in [0, 0.05) is 139 Å². The summed E-state index contributed by atoms with van der Waals surface area (Å²) in [5.74, 6) is 0.